The molecule has 8 heteroatoms. The van der Waals surface area contributed by atoms with Crippen LogP contribution in [0.5, 0.6) is 0 Å². The number of nitrogens with zero attached hydrogens (tertiary/aromatic N) is 3. The van der Waals surface area contributed by atoms with E-state index in [1.54, 1.807) is 11.9 Å². The van der Waals surface area contributed by atoms with E-state index < -0.39 is 0 Å². The van der Waals surface area contributed by atoms with E-state index in [4.69, 9.17) is 0 Å². The van der Waals surface area contributed by atoms with Crippen molar-refractivity contribution in [2.24, 2.45) is 0 Å². The number of likely N-dealkylation sites (tertiary alicyclic amines) is 1. The molecule has 7 nitrogen and oxygen atoms in total. The third-order valence-corrected chi connectivity index (χ3v) is 4.23. The maximum atomic E-state index is 11.8. The summed E-state index contributed by atoms with van der Waals surface area (Å²) in [6.45, 7) is 6.65. The summed E-state index contributed by atoms with van der Waals surface area (Å²) >= 11 is 1.36. The summed E-state index contributed by atoms with van der Waals surface area (Å²) in [5, 5.41) is 14.8. The van der Waals surface area contributed by atoms with Gasteiger partial charge in [0.05, 0.1) is 6.04 Å². The quantitative estimate of drug-likeness (QED) is 0.858. The summed E-state index contributed by atoms with van der Waals surface area (Å²) < 4.78 is 0. The standard InChI is InChI=1S/C12H19N5O2S/c1-12(2,3)9-15-16-11(20-9)14-10(19)13-7-5-8(18)17(4)6-7/h7H,5-6H2,1-4H3,(H2,13,14,16,19)/t7-/m0/s1. The molecule has 20 heavy (non-hydrogen) atoms. The van der Waals surface area contributed by atoms with Gasteiger partial charge in [0, 0.05) is 25.4 Å². The summed E-state index contributed by atoms with van der Waals surface area (Å²) in [6, 6.07) is -0.503. The predicted octanol–water partition coefficient (Wildman–Crippen LogP) is 1.19. The van der Waals surface area contributed by atoms with Gasteiger partial charge in [0.15, 0.2) is 0 Å². The van der Waals surface area contributed by atoms with Crippen LogP contribution < -0.4 is 10.6 Å². The number of urea groups is 1. The molecule has 0 unspecified atom stereocenters. The van der Waals surface area contributed by atoms with E-state index in [2.05, 4.69) is 20.8 Å². The van der Waals surface area contributed by atoms with E-state index in [1.807, 2.05) is 20.8 Å². The fourth-order valence-electron chi connectivity index (χ4n) is 1.86. The highest BCUT2D eigenvalue weighted by molar-refractivity contribution is 7.15. The molecule has 0 aliphatic carbocycles. The topological polar surface area (TPSA) is 87.2 Å². The van der Waals surface area contributed by atoms with Gasteiger partial charge in [-0.05, 0) is 0 Å². The fourth-order valence-corrected chi connectivity index (χ4v) is 2.65. The molecule has 3 amide bonds. The van der Waals surface area contributed by atoms with Crippen molar-refractivity contribution >= 4 is 28.4 Å². The van der Waals surface area contributed by atoms with Crippen molar-refractivity contribution in [3.8, 4) is 0 Å². The zero-order chi connectivity index (χ0) is 14.9. The van der Waals surface area contributed by atoms with Gasteiger partial charge < -0.3 is 10.2 Å². The van der Waals surface area contributed by atoms with E-state index in [1.165, 1.54) is 11.3 Å². The van der Waals surface area contributed by atoms with Crippen LogP contribution in [0.4, 0.5) is 9.93 Å². The molecule has 1 atom stereocenters. The summed E-state index contributed by atoms with van der Waals surface area (Å²) in [7, 11) is 1.72. The summed E-state index contributed by atoms with van der Waals surface area (Å²) in [6.07, 6.45) is 0.341. The molecule has 0 saturated carbocycles. The predicted molar refractivity (Wildman–Crippen MR) is 76.8 cm³/mol. The molecule has 1 aromatic rings. The van der Waals surface area contributed by atoms with E-state index in [0.717, 1.165) is 5.01 Å². The molecule has 1 aromatic heterocycles. The number of hydrogen-bond acceptors (Lipinski definition) is 5. The third kappa shape index (κ3) is 3.44. The lowest BCUT2D eigenvalue weighted by Crippen LogP contribution is -2.39. The second-order valence-electron chi connectivity index (χ2n) is 5.94. The number of amides is 3. The lowest BCUT2D eigenvalue weighted by molar-refractivity contribution is -0.126. The molecule has 0 aromatic carbocycles. The van der Waals surface area contributed by atoms with Crippen LogP contribution >= 0.6 is 11.3 Å². The van der Waals surface area contributed by atoms with Crippen LogP contribution in [-0.2, 0) is 10.2 Å². The molecule has 1 saturated heterocycles. The van der Waals surface area contributed by atoms with Crippen molar-refractivity contribution in [3.05, 3.63) is 5.01 Å². The Morgan fingerprint density at radius 1 is 1.40 bits per heavy atom. The van der Waals surface area contributed by atoms with Crippen LogP contribution in [0.3, 0.4) is 0 Å². The molecule has 0 bridgehead atoms. The van der Waals surface area contributed by atoms with Crippen molar-refractivity contribution in [2.75, 3.05) is 18.9 Å². The average Bonchev–Trinajstić information content (AvgIpc) is 2.86. The average molecular weight is 297 g/mol. The molecular formula is C12H19N5O2S. The number of aromatic nitrogens is 2. The van der Waals surface area contributed by atoms with Gasteiger partial charge in [-0.25, -0.2) is 4.79 Å². The number of rotatable bonds is 2. The Kier molecular flexibility index (Phi) is 3.94. The molecule has 1 aliphatic rings. The van der Waals surface area contributed by atoms with Crippen molar-refractivity contribution in [3.63, 3.8) is 0 Å². The zero-order valence-electron chi connectivity index (χ0n) is 12.1. The van der Waals surface area contributed by atoms with Gasteiger partial charge >= 0.3 is 6.03 Å². The molecule has 0 spiro atoms. The smallest absolute Gasteiger partial charge is 0.321 e. The van der Waals surface area contributed by atoms with Gasteiger partial charge in [0.25, 0.3) is 0 Å². The van der Waals surface area contributed by atoms with Crippen LogP contribution in [-0.4, -0.2) is 46.7 Å². The lowest BCUT2D eigenvalue weighted by atomic mass is 9.98. The van der Waals surface area contributed by atoms with Gasteiger partial charge in [-0.15, -0.1) is 10.2 Å². The van der Waals surface area contributed by atoms with Crippen LogP contribution in [0.2, 0.25) is 0 Å². The highest BCUT2D eigenvalue weighted by Gasteiger charge is 2.28. The van der Waals surface area contributed by atoms with Crippen molar-refractivity contribution in [1.29, 1.82) is 0 Å². The minimum atomic E-state index is -0.352. The first-order chi connectivity index (χ1) is 9.25. The largest absolute Gasteiger partial charge is 0.344 e. The van der Waals surface area contributed by atoms with Crippen LogP contribution in [0, 0.1) is 0 Å². The first kappa shape index (κ1) is 14.7. The van der Waals surface area contributed by atoms with Crippen molar-refractivity contribution in [1.82, 2.24) is 20.4 Å². The van der Waals surface area contributed by atoms with E-state index >= 15 is 0 Å². The van der Waals surface area contributed by atoms with Gasteiger partial charge in [0.1, 0.15) is 5.01 Å². The SMILES string of the molecule is CN1C[C@@H](NC(=O)Nc2nnc(C(C)(C)C)s2)CC1=O. The highest BCUT2D eigenvalue weighted by Crippen LogP contribution is 2.27. The second-order valence-corrected chi connectivity index (χ2v) is 6.91. The minimum Gasteiger partial charge on any atom is -0.344 e. The zero-order valence-corrected chi connectivity index (χ0v) is 12.9. The number of hydrogen-bond donors (Lipinski definition) is 2. The normalized spacial score (nSPS) is 19.3. The first-order valence-electron chi connectivity index (χ1n) is 6.41. The monoisotopic (exact) mass is 297 g/mol. The summed E-state index contributed by atoms with van der Waals surface area (Å²) in [4.78, 5) is 24.8. The Morgan fingerprint density at radius 3 is 2.60 bits per heavy atom. The van der Waals surface area contributed by atoms with E-state index in [9.17, 15) is 9.59 Å². The maximum Gasteiger partial charge on any atom is 0.321 e. The number of carbonyl (C=O) groups excluding carboxylic acids is 2. The van der Waals surface area contributed by atoms with Gasteiger partial charge in [-0.1, -0.05) is 32.1 Å². The maximum absolute atomic E-state index is 11.8. The second kappa shape index (κ2) is 5.35. The van der Waals surface area contributed by atoms with Crippen LogP contribution in [0.1, 0.15) is 32.2 Å². The van der Waals surface area contributed by atoms with Crippen LogP contribution in [0.25, 0.3) is 0 Å². The molecule has 2 N–H and O–H groups in total. The highest BCUT2D eigenvalue weighted by atomic mass is 32.1. The number of likely N-dealkylation sites (N-methyl/N-ethyl adjacent to an activating group) is 1. The van der Waals surface area contributed by atoms with E-state index in [0.29, 0.717) is 18.1 Å². The Balaban J connectivity index is 1.89. The molecule has 1 fully saturated rings. The Morgan fingerprint density at radius 2 is 2.10 bits per heavy atom. The summed E-state index contributed by atoms with van der Waals surface area (Å²) in [5.74, 6) is 0.0428. The van der Waals surface area contributed by atoms with Crippen molar-refractivity contribution < 1.29 is 9.59 Å². The van der Waals surface area contributed by atoms with Crippen LogP contribution in [0.15, 0.2) is 0 Å². The Bertz CT molecular complexity index is 522. The molecule has 110 valence electrons. The summed E-state index contributed by atoms with van der Waals surface area (Å²) in [5.41, 5.74) is -0.0886. The fraction of sp³-hybridized carbons (Fsp3) is 0.667. The van der Waals surface area contributed by atoms with Gasteiger partial charge in [0.2, 0.25) is 11.0 Å². The number of nitrogens with one attached hydrogen (secondary N) is 2. The Hall–Kier alpha value is -1.70. The third-order valence-electron chi connectivity index (χ3n) is 2.96. The van der Waals surface area contributed by atoms with Gasteiger partial charge in [-0.2, -0.15) is 0 Å². The van der Waals surface area contributed by atoms with Crippen molar-refractivity contribution in [2.45, 2.75) is 38.6 Å². The molecule has 1 aliphatic heterocycles. The number of anilines is 1. The molecular weight excluding hydrogens is 278 g/mol. The first-order valence-corrected chi connectivity index (χ1v) is 7.23. The molecule has 0 radical (unpaired) electrons. The minimum absolute atomic E-state index is 0.0428. The number of carbonyl (C=O) groups is 2. The van der Waals surface area contributed by atoms with Gasteiger partial charge in [-0.3, -0.25) is 10.1 Å². The lowest BCUT2D eigenvalue weighted by Gasteiger charge is -2.13. The Labute approximate surface area is 121 Å². The van der Waals surface area contributed by atoms with E-state index in [-0.39, 0.29) is 23.4 Å². The molecule has 2 rings (SSSR count). The molecule has 2 heterocycles.